The van der Waals surface area contributed by atoms with E-state index in [1.165, 1.54) is 12.8 Å². The zero-order valence-electron chi connectivity index (χ0n) is 13.6. The molecule has 3 rings (SSSR count). The Morgan fingerprint density at radius 1 is 0.957 bits per heavy atom. The van der Waals surface area contributed by atoms with E-state index in [0.29, 0.717) is 18.0 Å². The van der Waals surface area contributed by atoms with Crippen LogP contribution < -0.4 is 4.74 Å². The first-order valence-corrected chi connectivity index (χ1v) is 9.83. The largest absolute Gasteiger partial charge is 0.490 e. The van der Waals surface area contributed by atoms with Gasteiger partial charge in [0.05, 0.1) is 17.1 Å². The van der Waals surface area contributed by atoms with Crippen LogP contribution in [0.3, 0.4) is 0 Å². The van der Waals surface area contributed by atoms with Crippen molar-refractivity contribution >= 4 is 10.0 Å². The van der Waals surface area contributed by atoms with E-state index in [1.54, 1.807) is 35.7 Å². The van der Waals surface area contributed by atoms with Crippen LogP contribution in [0.25, 0.3) is 0 Å². The van der Waals surface area contributed by atoms with Crippen molar-refractivity contribution < 1.29 is 17.9 Å². The first-order chi connectivity index (χ1) is 11.1. The molecule has 2 fully saturated rings. The van der Waals surface area contributed by atoms with Crippen molar-refractivity contribution in [2.24, 2.45) is 0 Å². The van der Waals surface area contributed by atoms with Gasteiger partial charge < -0.3 is 9.47 Å². The first kappa shape index (κ1) is 16.7. The highest BCUT2D eigenvalue weighted by Crippen LogP contribution is 2.26. The number of benzene rings is 1. The van der Waals surface area contributed by atoms with Gasteiger partial charge in [-0.25, -0.2) is 8.42 Å². The van der Waals surface area contributed by atoms with Crippen molar-refractivity contribution in [2.75, 3.05) is 20.2 Å². The van der Waals surface area contributed by atoms with E-state index < -0.39 is 10.0 Å². The minimum Gasteiger partial charge on any atom is -0.490 e. The summed E-state index contributed by atoms with van der Waals surface area (Å²) in [6, 6.07) is 6.85. The van der Waals surface area contributed by atoms with Crippen LogP contribution in [0.1, 0.15) is 38.5 Å². The Morgan fingerprint density at radius 3 is 2.13 bits per heavy atom. The van der Waals surface area contributed by atoms with Gasteiger partial charge in [-0.15, -0.1) is 0 Å². The van der Waals surface area contributed by atoms with E-state index in [4.69, 9.17) is 9.47 Å². The maximum Gasteiger partial charge on any atom is 0.243 e. The van der Waals surface area contributed by atoms with Crippen LogP contribution in [-0.4, -0.2) is 45.1 Å². The van der Waals surface area contributed by atoms with Crippen molar-refractivity contribution in [2.45, 2.75) is 55.6 Å². The predicted molar refractivity (Wildman–Crippen MR) is 88.1 cm³/mol. The maximum atomic E-state index is 12.7. The molecule has 0 N–H and O–H groups in total. The molecule has 128 valence electrons. The molecule has 0 radical (unpaired) electrons. The van der Waals surface area contributed by atoms with Gasteiger partial charge in [0.15, 0.2) is 0 Å². The number of ether oxygens (including phenoxy) is 2. The topological polar surface area (TPSA) is 55.8 Å². The van der Waals surface area contributed by atoms with Gasteiger partial charge in [0.1, 0.15) is 5.75 Å². The van der Waals surface area contributed by atoms with Crippen molar-refractivity contribution in [1.29, 1.82) is 0 Å². The number of hydrogen-bond acceptors (Lipinski definition) is 4. The molecule has 1 heterocycles. The standard InChI is InChI=1S/C17H25NO4S/c1-21-14-10-12-18(13-11-14)23(19,20)17-8-6-16(7-9-17)22-15-4-2-3-5-15/h6-9,14-15H,2-5,10-13H2,1H3. The van der Waals surface area contributed by atoms with Gasteiger partial charge in [-0.3, -0.25) is 0 Å². The predicted octanol–water partition coefficient (Wildman–Crippen LogP) is 2.81. The fourth-order valence-corrected chi connectivity index (χ4v) is 4.82. The van der Waals surface area contributed by atoms with E-state index in [0.717, 1.165) is 31.4 Å². The second-order valence-corrected chi connectivity index (χ2v) is 8.27. The van der Waals surface area contributed by atoms with Gasteiger partial charge in [0.2, 0.25) is 10.0 Å². The lowest BCUT2D eigenvalue weighted by Gasteiger charge is -2.30. The first-order valence-electron chi connectivity index (χ1n) is 8.39. The van der Waals surface area contributed by atoms with Crippen molar-refractivity contribution in [1.82, 2.24) is 4.31 Å². The lowest BCUT2D eigenvalue weighted by atomic mass is 10.1. The van der Waals surface area contributed by atoms with Crippen LogP contribution in [0.15, 0.2) is 29.2 Å². The Labute approximate surface area is 138 Å². The van der Waals surface area contributed by atoms with Gasteiger partial charge in [0.25, 0.3) is 0 Å². The molecule has 1 aromatic carbocycles. The summed E-state index contributed by atoms with van der Waals surface area (Å²) < 4.78 is 38.1. The van der Waals surface area contributed by atoms with E-state index in [1.807, 2.05) is 0 Å². The van der Waals surface area contributed by atoms with Crippen molar-refractivity contribution in [3.05, 3.63) is 24.3 Å². The molecular weight excluding hydrogens is 314 g/mol. The molecule has 0 amide bonds. The van der Waals surface area contributed by atoms with Crippen LogP contribution in [0.5, 0.6) is 5.75 Å². The Kier molecular flexibility index (Phi) is 5.24. The summed E-state index contributed by atoms with van der Waals surface area (Å²) >= 11 is 0. The maximum absolute atomic E-state index is 12.7. The van der Waals surface area contributed by atoms with Crippen LogP contribution in [-0.2, 0) is 14.8 Å². The molecule has 6 heteroatoms. The molecule has 0 bridgehead atoms. The van der Waals surface area contributed by atoms with Crippen LogP contribution >= 0.6 is 0 Å². The molecular formula is C17H25NO4S. The average molecular weight is 339 g/mol. The lowest BCUT2D eigenvalue weighted by molar-refractivity contribution is 0.0604. The number of rotatable bonds is 5. The quantitative estimate of drug-likeness (QED) is 0.828. The highest BCUT2D eigenvalue weighted by molar-refractivity contribution is 7.89. The SMILES string of the molecule is COC1CCN(S(=O)(=O)c2ccc(OC3CCCC3)cc2)CC1. The fraction of sp³-hybridized carbons (Fsp3) is 0.647. The summed E-state index contributed by atoms with van der Waals surface area (Å²) in [4.78, 5) is 0.340. The molecule has 0 spiro atoms. The number of sulfonamides is 1. The number of piperidine rings is 1. The summed E-state index contributed by atoms with van der Waals surface area (Å²) in [6.07, 6.45) is 6.57. The second kappa shape index (κ2) is 7.20. The number of methoxy groups -OCH3 is 1. The van der Waals surface area contributed by atoms with Gasteiger partial charge in [-0.05, 0) is 62.8 Å². The third kappa shape index (κ3) is 3.87. The van der Waals surface area contributed by atoms with Crippen LogP contribution in [0.2, 0.25) is 0 Å². The number of nitrogens with zero attached hydrogens (tertiary/aromatic N) is 1. The molecule has 1 saturated carbocycles. The molecule has 0 unspecified atom stereocenters. The smallest absolute Gasteiger partial charge is 0.243 e. The van der Waals surface area contributed by atoms with Gasteiger partial charge in [-0.1, -0.05) is 0 Å². The zero-order chi connectivity index (χ0) is 16.3. The van der Waals surface area contributed by atoms with E-state index >= 15 is 0 Å². The molecule has 23 heavy (non-hydrogen) atoms. The second-order valence-electron chi connectivity index (χ2n) is 6.33. The molecule has 1 aliphatic carbocycles. The van der Waals surface area contributed by atoms with E-state index in [2.05, 4.69) is 0 Å². The minimum atomic E-state index is -3.42. The van der Waals surface area contributed by atoms with Gasteiger partial charge >= 0.3 is 0 Å². The van der Waals surface area contributed by atoms with Crippen molar-refractivity contribution in [3.63, 3.8) is 0 Å². The lowest BCUT2D eigenvalue weighted by Crippen LogP contribution is -2.40. The van der Waals surface area contributed by atoms with Gasteiger partial charge in [-0.2, -0.15) is 4.31 Å². The Balaban J connectivity index is 1.65. The van der Waals surface area contributed by atoms with E-state index in [-0.39, 0.29) is 12.2 Å². The highest BCUT2D eigenvalue weighted by Gasteiger charge is 2.29. The fourth-order valence-electron chi connectivity index (χ4n) is 3.35. The molecule has 1 saturated heterocycles. The van der Waals surface area contributed by atoms with Crippen LogP contribution in [0.4, 0.5) is 0 Å². The van der Waals surface area contributed by atoms with Gasteiger partial charge in [0, 0.05) is 20.2 Å². The van der Waals surface area contributed by atoms with E-state index in [9.17, 15) is 8.42 Å². The summed E-state index contributed by atoms with van der Waals surface area (Å²) in [6.45, 7) is 1.03. The highest BCUT2D eigenvalue weighted by atomic mass is 32.2. The Morgan fingerprint density at radius 2 is 1.57 bits per heavy atom. The molecule has 0 aromatic heterocycles. The summed E-state index contributed by atoms with van der Waals surface area (Å²) in [5.74, 6) is 0.758. The normalized spacial score (nSPS) is 21.6. The summed E-state index contributed by atoms with van der Waals surface area (Å²) in [7, 11) is -1.74. The third-order valence-corrected chi connectivity index (χ3v) is 6.71. The Hall–Kier alpha value is -1.11. The van der Waals surface area contributed by atoms with Crippen LogP contribution in [0, 0.1) is 0 Å². The molecule has 1 aromatic rings. The minimum absolute atomic E-state index is 0.170. The Bertz CT molecular complexity index is 600. The molecule has 1 aliphatic heterocycles. The zero-order valence-corrected chi connectivity index (χ0v) is 14.4. The third-order valence-electron chi connectivity index (χ3n) is 4.80. The number of hydrogen-bond donors (Lipinski definition) is 0. The monoisotopic (exact) mass is 339 g/mol. The summed E-state index contributed by atoms with van der Waals surface area (Å²) in [5.41, 5.74) is 0. The summed E-state index contributed by atoms with van der Waals surface area (Å²) in [5, 5.41) is 0. The average Bonchev–Trinajstić information content (AvgIpc) is 3.08. The molecule has 2 aliphatic rings. The molecule has 0 atom stereocenters. The van der Waals surface area contributed by atoms with Crippen molar-refractivity contribution in [3.8, 4) is 5.75 Å². The molecule has 5 nitrogen and oxygen atoms in total.